The summed E-state index contributed by atoms with van der Waals surface area (Å²) >= 11 is 0. The van der Waals surface area contributed by atoms with Crippen molar-refractivity contribution in [3.8, 4) is 0 Å². The van der Waals surface area contributed by atoms with E-state index in [9.17, 15) is 19.2 Å². The van der Waals surface area contributed by atoms with Crippen LogP contribution in [0, 0.1) is 0 Å². The molecule has 208 valence electrons. The molecule has 8 heteroatoms. The Bertz CT molecular complexity index is 1270. The van der Waals surface area contributed by atoms with Crippen molar-refractivity contribution in [1.29, 1.82) is 0 Å². The molecule has 2 amide bonds. The molecule has 3 aromatic carbocycles. The minimum Gasteiger partial charge on any atom is -0.462 e. The molecule has 0 heterocycles. The van der Waals surface area contributed by atoms with Crippen LogP contribution in [0.3, 0.4) is 0 Å². The van der Waals surface area contributed by atoms with Crippen molar-refractivity contribution < 1.29 is 28.7 Å². The summed E-state index contributed by atoms with van der Waals surface area (Å²) in [6.07, 6.45) is 4.62. The minimum absolute atomic E-state index is 0.173. The Hall–Kier alpha value is -4.72. The van der Waals surface area contributed by atoms with E-state index < -0.39 is 23.8 Å². The number of carbonyl (C=O) groups is 4. The van der Waals surface area contributed by atoms with Crippen molar-refractivity contribution >= 4 is 41.2 Å². The lowest BCUT2D eigenvalue weighted by atomic mass is 10.1. The third-order valence-corrected chi connectivity index (χ3v) is 5.85. The number of ether oxygens (including phenoxy) is 2. The number of benzene rings is 3. The van der Waals surface area contributed by atoms with Crippen LogP contribution >= 0.6 is 0 Å². The number of esters is 2. The predicted octanol–water partition coefficient (Wildman–Crippen LogP) is 6.26. The van der Waals surface area contributed by atoms with Gasteiger partial charge in [0, 0.05) is 0 Å². The Morgan fingerprint density at radius 1 is 0.625 bits per heavy atom. The number of hydrogen-bond donors (Lipinski definition) is 2. The van der Waals surface area contributed by atoms with Crippen molar-refractivity contribution in [3.05, 3.63) is 101 Å². The monoisotopic (exact) mass is 542 g/mol. The molecule has 3 aromatic rings. The van der Waals surface area contributed by atoms with E-state index in [1.54, 1.807) is 72.8 Å². The van der Waals surface area contributed by atoms with Gasteiger partial charge >= 0.3 is 11.9 Å². The summed E-state index contributed by atoms with van der Waals surface area (Å²) in [5.74, 6) is -2.62. The first-order valence-electron chi connectivity index (χ1n) is 13.4. The third kappa shape index (κ3) is 8.66. The molecule has 2 N–H and O–H groups in total. The number of unbranched alkanes of at least 4 members (excludes halogenated alkanes) is 2. The van der Waals surface area contributed by atoms with Gasteiger partial charge in [0.15, 0.2) is 0 Å². The molecule has 0 bridgehead atoms. The number of para-hydroxylation sites is 2. The fourth-order valence-electron chi connectivity index (χ4n) is 3.64. The normalized spacial score (nSPS) is 10.2. The van der Waals surface area contributed by atoms with Crippen molar-refractivity contribution in [2.24, 2.45) is 0 Å². The molecule has 0 aliphatic rings. The molecular weight excluding hydrogens is 508 g/mol. The number of nitrogens with one attached hydrogen (secondary N) is 2. The summed E-state index contributed by atoms with van der Waals surface area (Å²) in [5, 5.41) is 5.36. The maximum atomic E-state index is 13.5. The van der Waals surface area contributed by atoms with E-state index >= 15 is 0 Å². The Kier molecular flexibility index (Phi) is 11.7. The first-order valence-corrected chi connectivity index (χ1v) is 13.4. The molecule has 0 aromatic heterocycles. The van der Waals surface area contributed by atoms with E-state index in [2.05, 4.69) is 10.6 Å². The Morgan fingerprint density at radius 3 is 1.50 bits per heavy atom. The summed E-state index contributed by atoms with van der Waals surface area (Å²) < 4.78 is 10.6. The molecular formula is C32H34N2O6. The van der Waals surface area contributed by atoms with Crippen LogP contribution in [0.5, 0.6) is 0 Å². The number of hydrogen-bond acceptors (Lipinski definition) is 6. The average Bonchev–Trinajstić information content (AvgIpc) is 2.97. The van der Waals surface area contributed by atoms with Gasteiger partial charge in [0.05, 0.1) is 35.7 Å². The highest BCUT2D eigenvalue weighted by Crippen LogP contribution is 2.21. The molecule has 0 aliphatic heterocycles. The SMILES string of the molecule is CCCCOC(=O)c1ccccc1NC(=O)C(=Cc1ccccc1)C(=O)Nc1ccccc1C(=O)OCCCC. The summed E-state index contributed by atoms with van der Waals surface area (Å²) in [4.78, 5) is 52.3. The zero-order chi connectivity index (χ0) is 28.7. The van der Waals surface area contributed by atoms with Crippen molar-refractivity contribution in [2.75, 3.05) is 23.8 Å². The van der Waals surface area contributed by atoms with Gasteiger partial charge in [-0.1, -0.05) is 81.3 Å². The second-order valence-electron chi connectivity index (χ2n) is 8.95. The third-order valence-electron chi connectivity index (χ3n) is 5.85. The zero-order valence-corrected chi connectivity index (χ0v) is 22.8. The van der Waals surface area contributed by atoms with Crippen LogP contribution < -0.4 is 10.6 Å². The molecule has 0 atom stereocenters. The summed E-state index contributed by atoms with van der Waals surface area (Å²) in [7, 11) is 0. The van der Waals surface area contributed by atoms with E-state index in [-0.39, 0.29) is 41.3 Å². The molecule has 0 saturated heterocycles. The number of amides is 2. The summed E-state index contributed by atoms with van der Waals surface area (Å²) in [6.45, 7) is 4.50. The van der Waals surface area contributed by atoms with Crippen molar-refractivity contribution in [2.45, 2.75) is 39.5 Å². The smallest absolute Gasteiger partial charge is 0.340 e. The highest BCUT2D eigenvalue weighted by molar-refractivity contribution is 6.29. The molecule has 0 unspecified atom stereocenters. The van der Waals surface area contributed by atoms with Crippen LogP contribution in [-0.2, 0) is 19.1 Å². The quantitative estimate of drug-likeness (QED) is 0.0867. The molecule has 0 fully saturated rings. The number of rotatable bonds is 13. The van der Waals surface area contributed by atoms with E-state index in [0.717, 1.165) is 25.7 Å². The zero-order valence-electron chi connectivity index (χ0n) is 22.8. The highest BCUT2D eigenvalue weighted by atomic mass is 16.5. The van der Waals surface area contributed by atoms with Gasteiger partial charge in [0.25, 0.3) is 11.8 Å². The molecule has 40 heavy (non-hydrogen) atoms. The van der Waals surface area contributed by atoms with Crippen molar-refractivity contribution in [1.82, 2.24) is 0 Å². The predicted molar refractivity (Wildman–Crippen MR) is 155 cm³/mol. The Morgan fingerprint density at radius 2 is 1.05 bits per heavy atom. The fraction of sp³-hybridized carbons (Fsp3) is 0.250. The van der Waals surface area contributed by atoms with E-state index in [0.29, 0.717) is 5.56 Å². The average molecular weight is 543 g/mol. The first-order chi connectivity index (χ1) is 19.4. The van der Waals surface area contributed by atoms with Crippen LogP contribution in [-0.4, -0.2) is 37.0 Å². The number of anilines is 2. The van der Waals surface area contributed by atoms with E-state index in [1.165, 1.54) is 6.08 Å². The maximum absolute atomic E-state index is 13.5. The second-order valence-corrected chi connectivity index (χ2v) is 8.95. The minimum atomic E-state index is -0.738. The van der Waals surface area contributed by atoms with Crippen LogP contribution in [0.15, 0.2) is 84.4 Å². The van der Waals surface area contributed by atoms with Crippen LogP contribution in [0.4, 0.5) is 11.4 Å². The molecule has 0 spiro atoms. The van der Waals surface area contributed by atoms with Gasteiger partial charge in [-0.05, 0) is 48.7 Å². The lowest BCUT2D eigenvalue weighted by Crippen LogP contribution is -2.27. The standard InChI is InChI=1S/C32H34N2O6/c1-3-5-20-39-31(37)24-16-10-12-18-27(24)33-29(35)26(22-23-14-8-7-9-15-23)30(36)34-28-19-13-11-17-25(28)32(38)40-21-6-4-2/h7-19,22H,3-6,20-21H2,1-2H3,(H,33,35)(H,34,36). The summed E-state index contributed by atoms with van der Waals surface area (Å²) in [6, 6.07) is 21.8. The molecule has 8 nitrogen and oxygen atoms in total. The molecule has 0 radical (unpaired) electrons. The number of carbonyl (C=O) groups excluding carboxylic acids is 4. The molecule has 3 rings (SSSR count). The Balaban J connectivity index is 1.88. The van der Waals surface area contributed by atoms with Gasteiger partial charge in [-0.15, -0.1) is 0 Å². The second kappa shape index (κ2) is 15.6. The lowest BCUT2D eigenvalue weighted by Gasteiger charge is -2.14. The van der Waals surface area contributed by atoms with Gasteiger partial charge in [-0.3, -0.25) is 9.59 Å². The van der Waals surface area contributed by atoms with Gasteiger partial charge < -0.3 is 20.1 Å². The van der Waals surface area contributed by atoms with Gasteiger partial charge in [0.1, 0.15) is 5.57 Å². The van der Waals surface area contributed by atoms with Crippen LogP contribution in [0.1, 0.15) is 65.8 Å². The van der Waals surface area contributed by atoms with Gasteiger partial charge in [-0.25, -0.2) is 9.59 Å². The van der Waals surface area contributed by atoms with Crippen LogP contribution in [0.25, 0.3) is 6.08 Å². The highest BCUT2D eigenvalue weighted by Gasteiger charge is 2.23. The molecule has 0 aliphatic carbocycles. The van der Waals surface area contributed by atoms with Crippen LogP contribution in [0.2, 0.25) is 0 Å². The van der Waals surface area contributed by atoms with Gasteiger partial charge in [-0.2, -0.15) is 0 Å². The van der Waals surface area contributed by atoms with Gasteiger partial charge in [0.2, 0.25) is 0 Å². The summed E-state index contributed by atoms with van der Waals surface area (Å²) in [5.41, 5.74) is 1.15. The maximum Gasteiger partial charge on any atom is 0.340 e. The topological polar surface area (TPSA) is 111 Å². The Labute approximate surface area is 234 Å². The first kappa shape index (κ1) is 29.8. The van der Waals surface area contributed by atoms with Crippen molar-refractivity contribution in [3.63, 3.8) is 0 Å². The lowest BCUT2D eigenvalue weighted by molar-refractivity contribution is -0.118. The van der Waals surface area contributed by atoms with E-state index in [1.807, 2.05) is 19.9 Å². The largest absolute Gasteiger partial charge is 0.462 e. The molecule has 0 saturated carbocycles. The van der Waals surface area contributed by atoms with E-state index in [4.69, 9.17) is 9.47 Å². The fourth-order valence-corrected chi connectivity index (χ4v) is 3.64.